The Morgan fingerprint density at radius 2 is 1.42 bits per heavy atom. The number of rotatable bonds is 4. The van der Waals surface area contributed by atoms with Gasteiger partial charge in [-0.2, -0.15) is 0 Å². The van der Waals surface area contributed by atoms with Crippen molar-refractivity contribution in [1.82, 2.24) is 4.90 Å². The first-order valence-corrected chi connectivity index (χ1v) is 9.70. The normalized spacial score (nSPS) is 21.4. The average Bonchev–Trinajstić information content (AvgIpc) is 2.58. The number of benzene rings is 2. The average molecular weight is 319 g/mol. The van der Waals surface area contributed by atoms with Crippen LogP contribution in [0, 0.1) is 5.92 Å². The Balaban J connectivity index is 1.62. The summed E-state index contributed by atoms with van der Waals surface area (Å²) in [6.45, 7) is 4.82. The van der Waals surface area contributed by atoms with Gasteiger partial charge in [0.25, 0.3) is 0 Å². The maximum atomic E-state index is 2.69. The largest absolute Gasteiger partial charge is 0.292 e. The summed E-state index contributed by atoms with van der Waals surface area (Å²) >= 11 is 0. The van der Waals surface area contributed by atoms with Gasteiger partial charge in [0.05, 0.1) is 6.04 Å². The highest BCUT2D eigenvalue weighted by Crippen LogP contribution is 2.38. The van der Waals surface area contributed by atoms with Gasteiger partial charge in [0.1, 0.15) is 0 Å². The number of hydrogen-bond acceptors (Lipinski definition) is 1. The lowest BCUT2D eigenvalue weighted by Crippen LogP contribution is -2.36. The molecule has 2 aromatic carbocycles. The molecule has 1 saturated heterocycles. The summed E-state index contributed by atoms with van der Waals surface area (Å²) in [4.78, 5) is 2.69. The van der Waals surface area contributed by atoms with E-state index in [4.69, 9.17) is 0 Å². The molecule has 2 aromatic rings. The Hall–Kier alpha value is -1.60. The molecule has 1 aliphatic heterocycles. The fourth-order valence-electron chi connectivity index (χ4n) is 4.23. The summed E-state index contributed by atoms with van der Waals surface area (Å²) in [5.74, 6) is 1.70. The summed E-state index contributed by atoms with van der Waals surface area (Å²) in [5.41, 5.74) is 4.44. The van der Waals surface area contributed by atoms with Crippen LogP contribution in [0.1, 0.15) is 67.7 Å². The zero-order valence-electron chi connectivity index (χ0n) is 14.8. The van der Waals surface area contributed by atoms with Crippen LogP contribution in [0.25, 0.3) is 0 Å². The van der Waals surface area contributed by atoms with E-state index >= 15 is 0 Å². The maximum Gasteiger partial charge on any atom is 0.0601 e. The van der Waals surface area contributed by atoms with Gasteiger partial charge in [-0.1, -0.05) is 67.9 Å². The number of piperidine rings is 1. The molecular formula is C23H29N. The van der Waals surface area contributed by atoms with Gasteiger partial charge >= 0.3 is 0 Å². The predicted molar refractivity (Wildman–Crippen MR) is 101 cm³/mol. The smallest absolute Gasteiger partial charge is 0.0601 e. The van der Waals surface area contributed by atoms with E-state index in [-0.39, 0.29) is 0 Å². The van der Waals surface area contributed by atoms with Crippen molar-refractivity contribution in [3.8, 4) is 0 Å². The lowest BCUT2D eigenvalue weighted by molar-refractivity contribution is 0.157. The topological polar surface area (TPSA) is 3.24 Å². The Morgan fingerprint density at radius 1 is 0.792 bits per heavy atom. The van der Waals surface area contributed by atoms with E-state index in [1.54, 1.807) is 5.56 Å². The standard InChI is InChI=1S/C23H29N/c1-18-14-16-24(17-15-18)23(21-6-3-2-4-7-21)22-12-10-20(11-13-22)19-8-5-9-19/h2-4,6-7,10-13,18-19,23H,5,8-9,14-17H2,1H3. The molecule has 2 fully saturated rings. The summed E-state index contributed by atoms with van der Waals surface area (Å²) < 4.78 is 0. The molecule has 24 heavy (non-hydrogen) atoms. The van der Waals surface area contributed by atoms with Crippen LogP contribution >= 0.6 is 0 Å². The first kappa shape index (κ1) is 15.9. The Kier molecular flexibility index (Phi) is 4.71. The SMILES string of the molecule is CC1CCN(C(c2ccccc2)c2ccc(C3CCC3)cc2)CC1. The summed E-state index contributed by atoms with van der Waals surface area (Å²) in [7, 11) is 0. The molecule has 1 aliphatic carbocycles. The molecule has 0 radical (unpaired) electrons. The maximum absolute atomic E-state index is 2.69. The van der Waals surface area contributed by atoms with Crippen LogP contribution in [0.3, 0.4) is 0 Å². The van der Waals surface area contributed by atoms with Crippen LogP contribution in [-0.4, -0.2) is 18.0 Å². The van der Waals surface area contributed by atoms with Crippen molar-refractivity contribution in [2.24, 2.45) is 5.92 Å². The van der Waals surface area contributed by atoms with Crippen LogP contribution in [0.4, 0.5) is 0 Å². The zero-order chi connectivity index (χ0) is 16.4. The summed E-state index contributed by atoms with van der Waals surface area (Å²) in [5, 5.41) is 0. The fraction of sp³-hybridized carbons (Fsp3) is 0.478. The predicted octanol–water partition coefficient (Wildman–Crippen LogP) is 5.78. The summed E-state index contributed by atoms with van der Waals surface area (Å²) in [6, 6.07) is 21.0. The minimum atomic E-state index is 0.411. The molecule has 0 bridgehead atoms. The number of nitrogens with zero attached hydrogens (tertiary/aromatic N) is 1. The van der Waals surface area contributed by atoms with Gasteiger partial charge in [-0.05, 0) is 67.3 Å². The molecule has 1 heteroatoms. The molecule has 1 saturated carbocycles. The molecule has 1 atom stereocenters. The monoisotopic (exact) mass is 319 g/mol. The van der Waals surface area contributed by atoms with E-state index in [1.165, 1.54) is 56.3 Å². The lowest BCUT2D eigenvalue weighted by Gasteiger charge is -2.37. The second kappa shape index (κ2) is 7.11. The third-order valence-electron chi connectivity index (χ3n) is 6.13. The van der Waals surface area contributed by atoms with Gasteiger partial charge in [0, 0.05) is 0 Å². The van der Waals surface area contributed by atoms with E-state index in [1.807, 2.05) is 0 Å². The quantitative estimate of drug-likeness (QED) is 0.691. The molecule has 0 N–H and O–H groups in total. The summed E-state index contributed by atoms with van der Waals surface area (Å²) in [6.07, 6.45) is 6.81. The Morgan fingerprint density at radius 3 is 2.00 bits per heavy atom. The van der Waals surface area contributed by atoms with Gasteiger partial charge < -0.3 is 0 Å². The lowest BCUT2D eigenvalue weighted by atomic mass is 9.79. The number of likely N-dealkylation sites (tertiary alicyclic amines) is 1. The second-order valence-corrected chi connectivity index (χ2v) is 7.83. The van der Waals surface area contributed by atoms with E-state index in [0.717, 1.165) is 11.8 Å². The minimum absolute atomic E-state index is 0.411. The Labute approximate surface area is 146 Å². The van der Waals surface area contributed by atoms with Gasteiger partial charge in [-0.25, -0.2) is 0 Å². The first-order chi connectivity index (χ1) is 11.8. The molecule has 1 unspecified atom stereocenters. The molecule has 1 heterocycles. The van der Waals surface area contributed by atoms with Crippen molar-refractivity contribution in [3.05, 3.63) is 71.3 Å². The van der Waals surface area contributed by atoms with Crippen molar-refractivity contribution in [1.29, 1.82) is 0 Å². The van der Waals surface area contributed by atoms with Crippen LogP contribution < -0.4 is 0 Å². The van der Waals surface area contributed by atoms with Crippen LogP contribution in [0.15, 0.2) is 54.6 Å². The molecule has 4 rings (SSSR count). The number of hydrogen-bond donors (Lipinski definition) is 0. The van der Waals surface area contributed by atoms with E-state index in [9.17, 15) is 0 Å². The third-order valence-corrected chi connectivity index (χ3v) is 6.13. The van der Waals surface area contributed by atoms with Crippen molar-refractivity contribution in [2.45, 2.75) is 51.0 Å². The van der Waals surface area contributed by atoms with Crippen molar-refractivity contribution in [2.75, 3.05) is 13.1 Å². The van der Waals surface area contributed by atoms with Crippen LogP contribution in [0.2, 0.25) is 0 Å². The molecule has 2 aliphatic rings. The Bertz CT molecular complexity index is 633. The van der Waals surface area contributed by atoms with E-state index in [2.05, 4.69) is 66.4 Å². The van der Waals surface area contributed by atoms with Crippen LogP contribution in [0.5, 0.6) is 0 Å². The van der Waals surface area contributed by atoms with Gasteiger partial charge in [-0.3, -0.25) is 4.90 Å². The molecular weight excluding hydrogens is 290 g/mol. The molecule has 126 valence electrons. The first-order valence-electron chi connectivity index (χ1n) is 9.70. The van der Waals surface area contributed by atoms with E-state index < -0.39 is 0 Å². The van der Waals surface area contributed by atoms with Crippen molar-refractivity contribution >= 4 is 0 Å². The third kappa shape index (κ3) is 3.28. The highest BCUT2D eigenvalue weighted by molar-refractivity contribution is 5.35. The highest BCUT2D eigenvalue weighted by Gasteiger charge is 2.26. The van der Waals surface area contributed by atoms with Crippen molar-refractivity contribution in [3.63, 3.8) is 0 Å². The van der Waals surface area contributed by atoms with Gasteiger partial charge in [0.2, 0.25) is 0 Å². The molecule has 0 amide bonds. The molecule has 0 aromatic heterocycles. The minimum Gasteiger partial charge on any atom is -0.292 e. The second-order valence-electron chi connectivity index (χ2n) is 7.83. The highest BCUT2D eigenvalue weighted by atomic mass is 15.2. The van der Waals surface area contributed by atoms with Crippen LogP contribution in [-0.2, 0) is 0 Å². The fourth-order valence-corrected chi connectivity index (χ4v) is 4.23. The van der Waals surface area contributed by atoms with Gasteiger partial charge in [0.15, 0.2) is 0 Å². The van der Waals surface area contributed by atoms with Crippen molar-refractivity contribution < 1.29 is 0 Å². The van der Waals surface area contributed by atoms with Gasteiger partial charge in [-0.15, -0.1) is 0 Å². The molecule has 0 spiro atoms. The zero-order valence-corrected chi connectivity index (χ0v) is 14.8. The molecule has 1 nitrogen and oxygen atoms in total. The van der Waals surface area contributed by atoms with E-state index in [0.29, 0.717) is 6.04 Å².